The molecule has 0 bridgehead atoms. The number of hydrogen-bond acceptors (Lipinski definition) is 22. The third-order valence-corrected chi connectivity index (χ3v) is 16.6. The van der Waals surface area contributed by atoms with Crippen LogP contribution in [0.25, 0.3) is 0 Å². The van der Waals surface area contributed by atoms with Crippen LogP contribution in [0.15, 0.2) is 106 Å². The van der Waals surface area contributed by atoms with Gasteiger partial charge in [0.25, 0.3) is 0 Å². The van der Waals surface area contributed by atoms with Gasteiger partial charge >= 0.3 is 0 Å². The highest BCUT2D eigenvalue weighted by molar-refractivity contribution is 9.13. The molecule has 18 N–H and O–H groups in total. The van der Waals surface area contributed by atoms with Crippen LogP contribution < -0.4 is 0 Å². The zero-order valence-corrected chi connectivity index (χ0v) is 51.7. The molecule has 0 aromatic heterocycles. The van der Waals surface area contributed by atoms with Crippen LogP contribution in [-0.4, -0.2) is 115 Å². The van der Waals surface area contributed by atoms with Gasteiger partial charge in [-0.1, -0.05) is 23.2 Å². The fourth-order valence-corrected chi connectivity index (χ4v) is 9.99. The SMILES string of the molecule is Cc1c(O)c(O)c(Cl)c(C(=O)c2ccc(O)c(O)c2)c1Cl.O=C(c1cc(O)c(O)c(Br)c1)c1cc(O)c(O)c(Br)c1Br.O=C(c1cc(O)c(O)cc1Br)c1cc(Br)c(O)c(O)c1O.O=C(c1ccc(O)c(O)c1)c1cc(Br)c(O)c(O)c1O. The summed E-state index contributed by atoms with van der Waals surface area (Å²) in [4.78, 5) is 49.4. The van der Waals surface area contributed by atoms with Gasteiger partial charge in [-0.25, -0.2) is 0 Å². The average Bonchev–Trinajstić information content (AvgIpc) is 3.16. The van der Waals surface area contributed by atoms with E-state index >= 15 is 0 Å². The minimum Gasteiger partial charge on any atom is -0.504 e. The van der Waals surface area contributed by atoms with Crippen LogP contribution in [0.5, 0.6) is 103 Å². The summed E-state index contributed by atoms with van der Waals surface area (Å²) in [5.41, 5.74) is -0.519. The Labute approximate surface area is 524 Å². The molecular formula is C53H34Br6Cl2O22. The summed E-state index contributed by atoms with van der Waals surface area (Å²) in [6.45, 7) is 1.42. The van der Waals surface area contributed by atoms with Crippen molar-refractivity contribution in [1.29, 1.82) is 0 Å². The van der Waals surface area contributed by atoms with Gasteiger partial charge in [0.15, 0.2) is 115 Å². The zero-order valence-electron chi connectivity index (χ0n) is 40.7. The van der Waals surface area contributed by atoms with Crippen molar-refractivity contribution in [3.63, 3.8) is 0 Å². The minimum atomic E-state index is -0.841. The van der Waals surface area contributed by atoms with Crippen LogP contribution in [0, 0.1) is 6.92 Å². The Balaban J connectivity index is 0.000000203. The lowest BCUT2D eigenvalue weighted by Crippen LogP contribution is -2.04. The lowest BCUT2D eigenvalue weighted by molar-refractivity contribution is 0.102. The number of carbonyl (C=O) groups excluding carboxylic acids is 4. The van der Waals surface area contributed by atoms with E-state index in [1.54, 1.807) is 0 Å². The van der Waals surface area contributed by atoms with Gasteiger partial charge in [-0.15, -0.1) is 0 Å². The molecule has 8 aromatic rings. The highest BCUT2D eigenvalue weighted by Crippen LogP contribution is 2.48. The molecule has 8 aromatic carbocycles. The number of aromatic hydroxyl groups is 18. The Hall–Kier alpha value is -7.70. The number of rotatable bonds is 8. The summed E-state index contributed by atoms with van der Waals surface area (Å²) in [6.07, 6.45) is 0. The molecule has 0 unspecified atom stereocenters. The van der Waals surface area contributed by atoms with Crippen molar-refractivity contribution >= 4 is 142 Å². The van der Waals surface area contributed by atoms with Crippen molar-refractivity contribution in [2.45, 2.75) is 6.92 Å². The van der Waals surface area contributed by atoms with E-state index in [0.717, 1.165) is 60.7 Å². The molecule has 0 aliphatic heterocycles. The van der Waals surface area contributed by atoms with Gasteiger partial charge < -0.3 is 91.9 Å². The van der Waals surface area contributed by atoms with E-state index in [0.29, 0.717) is 0 Å². The van der Waals surface area contributed by atoms with Crippen LogP contribution in [-0.2, 0) is 0 Å². The van der Waals surface area contributed by atoms with E-state index in [9.17, 15) is 111 Å². The first kappa shape index (κ1) is 66.1. The molecule has 0 heterocycles. The molecule has 0 atom stereocenters. The van der Waals surface area contributed by atoms with Crippen molar-refractivity contribution in [1.82, 2.24) is 0 Å². The monoisotopic (exact) mass is 1570 g/mol. The fourth-order valence-electron chi connectivity index (χ4n) is 6.70. The molecule has 434 valence electrons. The molecular weight excluding hydrogens is 1540 g/mol. The third kappa shape index (κ3) is 14.0. The van der Waals surface area contributed by atoms with Gasteiger partial charge in [0.1, 0.15) is 0 Å². The van der Waals surface area contributed by atoms with E-state index in [1.807, 2.05) is 0 Å². The molecule has 0 amide bonds. The van der Waals surface area contributed by atoms with Gasteiger partial charge in [0.2, 0.25) is 11.5 Å². The summed E-state index contributed by atoms with van der Waals surface area (Å²) in [6, 6.07) is 14.8. The van der Waals surface area contributed by atoms with E-state index in [-0.39, 0.29) is 104 Å². The Kier molecular flexibility index (Phi) is 21.3. The Morgan fingerprint density at radius 2 is 0.699 bits per heavy atom. The molecule has 83 heavy (non-hydrogen) atoms. The Morgan fingerprint density at radius 3 is 1.18 bits per heavy atom. The van der Waals surface area contributed by atoms with Gasteiger partial charge in [0.05, 0.1) is 44.6 Å². The van der Waals surface area contributed by atoms with Crippen molar-refractivity contribution in [3.05, 3.63) is 166 Å². The molecule has 0 radical (unpaired) electrons. The molecule has 0 saturated heterocycles. The topological polar surface area (TPSA) is 432 Å². The number of ketones is 4. The van der Waals surface area contributed by atoms with Crippen LogP contribution in [0.3, 0.4) is 0 Å². The lowest BCUT2D eigenvalue weighted by atomic mass is 10.00. The quantitative estimate of drug-likeness (QED) is 0.0496. The van der Waals surface area contributed by atoms with Crippen LogP contribution in [0.2, 0.25) is 10.0 Å². The second-order valence-corrected chi connectivity index (χ2v) is 22.3. The van der Waals surface area contributed by atoms with Crippen LogP contribution in [0.1, 0.15) is 69.2 Å². The van der Waals surface area contributed by atoms with Crippen LogP contribution in [0.4, 0.5) is 0 Å². The first-order valence-corrected chi connectivity index (χ1v) is 27.4. The second-order valence-electron chi connectivity index (χ2n) is 16.5. The average molecular weight is 1570 g/mol. The van der Waals surface area contributed by atoms with E-state index < -0.39 is 109 Å². The number of phenolic OH excluding ortho intramolecular Hbond substituents is 18. The Morgan fingerprint density at radius 1 is 0.301 bits per heavy atom. The molecule has 0 spiro atoms. The number of halogens is 8. The largest absolute Gasteiger partial charge is 0.504 e. The fraction of sp³-hybridized carbons (Fsp3) is 0.0189. The maximum absolute atomic E-state index is 12.4. The molecule has 0 aliphatic rings. The van der Waals surface area contributed by atoms with E-state index in [4.69, 9.17) is 23.2 Å². The molecule has 22 nitrogen and oxygen atoms in total. The summed E-state index contributed by atoms with van der Waals surface area (Å²) < 4.78 is 0.772. The van der Waals surface area contributed by atoms with Crippen molar-refractivity contribution in [3.8, 4) is 103 Å². The molecule has 30 heteroatoms. The molecule has 0 saturated carbocycles. The van der Waals surface area contributed by atoms with Gasteiger partial charge in [-0.05, 0) is 181 Å². The molecule has 0 aliphatic carbocycles. The third-order valence-electron chi connectivity index (χ3n) is 11.2. The van der Waals surface area contributed by atoms with E-state index in [2.05, 4.69) is 95.6 Å². The van der Waals surface area contributed by atoms with Gasteiger partial charge in [-0.2, -0.15) is 0 Å². The highest BCUT2D eigenvalue weighted by atomic mass is 79.9. The summed E-state index contributed by atoms with van der Waals surface area (Å²) in [7, 11) is 0. The minimum absolute atomic E-state index is 0.00686. The first-order chi connectivity index (χ1) is 38.5. The van der Waals surface area contributed by atoms with E-state index in [1.165, 1.54) is 25.1 Å². The number of phenols is 18. The summed E-state index contributed by atoms with van der Waals surface area (Å²) in [5.74, 6) is -12.5. The highest BCUT2D eigenvalue weighted by Gasteiger charge is 2.28. The van der Waals surface area contributed by atoms with Crippen molar-refractivity contribution in [2.75, 3.05) is 0 Å². The smallest absolute Gasteiger partial charge is 0.202 e. The van der Waals surface area contributed by atoms with Gasteiger partial charge in [0, 0.05) is 42.3 Å². The summed E-state index contributed by atoms with van der Waals surface area (Å²) >= 11 is 30.0. The Bertz CT molecular complexity index is 3950. The predicted octanol–water partition coefficient (Wildman–Crippen LogP) is 12.6. The second kappa shape index (κ2) is 26.7. The standard InChI is InChI=1S/C14H10Cl2O5.C13H7Br3O5.C13H8Br2O6.C13H9BrO6/c1-5-10(15)9(11(16)14(21)12(5)19)13(20)6-2-3-7(17)8(18)4-6;14-6-1-4(2-7(17)12(6)20)11(19)5-3-8(18)13(21)10(16)9(5)15;14-6-3-9(17)8(16)2-4(6)10(18)5-1-7(15)12(20)13(21)11(5)19;14-7-4-6(11(18)13(20)12(7)19)10(17)5-1-2-8(15)9(16)3-5/h2-4,17-19,21H,1H3;1-3,17-18,20-21H;1-3,16-17,19-21H;1-4,15-16,18-20H. The first-order valence-electron chi connectivity index (χ1n) is 21.9. The molecule has 0 fully saturated rings. The maximum atomic E-state index is 12.4. The lowest BCUT2D eigenvalue weighted by Gasteiger charge is -2.13. The van der Waals surface area contributed by atoms with Gasteiger partial charge in [-0.3, -0.25) is 19.2 Å². The number of benzene rings is 8. The van der Waals surface area contributed by atoms with Crippen molar-refractivity contribution in [2.24, 2.45) is 0 Å². The number of hydrogen-bond donors (Lipinski definition) is 18. The predicted molar refractivity (Wildman–Crippen MR) is 316 cm³/mol. The maximum Gasteiger partial charge on any atom is 0.202 e. The normalized spacial score (nSPS) is 10.6. The summed E-state index contributed by atoms with van der Waals surface area (Å²) in [5, 5.41) is 170. The zero-order chi connectivity index (χ0) is 62.7. The number of carbonyl (C=O) groups is 4. The van der Waals surface area contributed by atoms with Crippen molar-refractivity contribution < 1.29 is 111 Å². The van der Waals surface area contributed by atoms with Crippen LogP contribution >= 0.6 is 119 Å². The molecule has 8 rings (SSSR count).